The maximum absolute atomic E-state index is 13.7. The summed E-state index contributed by atoms with van der Waals surface area (Å²) in [7, 11) is 1.60. The number of allylic oxidation sites excluding steroid dienone is 1. The molecule has 1 aliphatic heterocycles. The SMILES string of the molecule is CCCCOc1ccc(C=c2sc3n(c2=O)C(c2cccs2)C(C(=O)OC(C)C)=C(C)N=3)cc1OC. The predicted molar refractivity (Wildman–Crippen MR) is 143 cm³/mol. The fraction of sp³-hybridized carbons (Fsp3) is 0.370. The van der Waals surface area contributed by atoms with E-state index in [0.29, 0.717) is 38.7 Å². The third kappa shape index (κ3) is 5.32. The number of methoxy groups -OCH3 is 1. The lowest BCUT2D eigenvalue weighted by Gasteiger charge is -2.24. The number of hydrogen-bond donors (Lipinski definition) is 0. The summed E-state index contributed by atoms with van der Waals surface area (Å²) in [6.45, 7) is 8.13. The van der Waals surface area contributed by atoms with Crippen molar-refractivity contribution in [1.29, 1.82) is 0 Å². The average Bonchev–Trinajstić information content (AvgIpc) is 3.47. The number of esters is 1. The van der Waals surface area contributed by atoms with Gasteiger partial charge in [-0.3, -0.25) is 9.36 Å². The Balaban J connectivity index is 1.79. The molecule has 0 amide bonds. The van der Waals surface area contributed by atoms with Crippen molar-refractivity contribution in [2.45, 2.75) is 52.7 Å². The zero-order valence-electron chi connectivity index (χ0n) is 21.1. The van der Waals surface area contributed by atoms with Crippen molar-refractivity contribution in [3.63, 3.8) is 0 Å². The maximum atomic E-state index is 13.7. The van der Waals surface area contributed by atoms with Gasteiger partial charge in [0.05, 0.1) is 35.6 Å². The molecule has 0 radical (unpaired) electrons. The molecule has 1 atom stereocenters. The Labute approximate surface area is 218 Å². The Kier molecular flexibility index (Phi) is 8.11. The highest BCUT2D eigenvalue weighted by Crippen LogP contribution is 2.33. The van der Waals surface area contributed by atoms with E-state index in [9.17, 15) is 9.59 Å². The normalized spacial score (nSPS) is 15.6. The van der Waals surface area contributed by atoms with Crippen LogP contribution in [0.25, 0.3) is 6.08 Å². The van der Waals surface area contributed by atoms with Crippen LogP contribution in [-0.2, 0) is 9.53 Å². The molecule has 1 unspecified atom stereocenters. The molecule has 9 heteroatoms. The lowest BCUT2D eigenvalue weighted by molar-refractivity contribution is -0.143. The van der Waals surface area contributed by atoms with E-state index in [1.54, 1.807) is 32.4 Å². The topological polar surface area (TPSA) is 79.1 Å². The van der Waals surface area contributed by atoms with Gasteiger partial charge >= 0.3 is 5.97 Å². The number of ether oxygens (including phenoxy) is 3. The van der Waals surface area contributed by atoms with Gasteiger partial charge in [0.2, 0.25) is 0 Å². The number of carbonyl (C=O) groups excluding carboxylic acids is 1. The van der Waals surface area contributed by atoms with Crippen molar-refractivity contribution in [2.24, 2.45) is 4.99 Å². The molecule has 0 spiro atoms. The molecule has 190 valence electrons. The molecule has 4 rings (SSSR count). The van der Waals surface area contributed by atoms with Crippen LogP contribution in [0.4, 0.5) is 0 Å². The van der Waals surface area contributed by atoms with Gasteiger partial charge in [0.25, 0.3) is 5.56 Å². The van der Waals surface area contributed by atoms with E-state index in [0.717, 1.165) is 23.3 Å². The Morgan fingerprint density at radius 2 is 2.06 bits per heavy atom. The van der Waals surface area contributed by atoms with Gasteiger partial charge in [-0.2, -0.15) is 0 Å². The van der Waals surface area contributed by atoms with Crippen LogP contribution in [0.15, 0.2) is 56.8 Å². The van der Waals surface area contributed by atoms with E-state index in [1.807, 2.05) is 41.8 Å². The summed E-state index contributed by atoms with van der Waals surface area (Å²) in [4.78, 5) is 32.8. The number of thiazole rings is 1. The van der Waals surface area contributed by atoms with Gasteiger partial charge in [-0.1, -0.05) is 36.8 Å². The number of fused-ring (bicyclic) bond motifs is 1. The quantitative estimate of drug-likeness (QED) is 0.304. The number of thiophene rings is 1. The molecule has 0 saturated heterocycles. The van der Waals surface area contributed by atoms with Crippen LogP contribution in [0, 0.1) is 0 Å². The number of aromatic nitrogens is 1. The second kappa shape index (κ2) is 11.3. The maximum Gasteiger partial charge on any atom is 0.338 e. The summed E-state index contributed by atoms with van der Waals surface area (Å²) < 4.78 is 19.0. The molecule has 0 saturated carbocycles. The minimum Gasteiger partial charge on any atom is -0.493 e. The smallest absolute Gasteiger partial charge is 0.338 e. The first-order chi connectivity index (χ1) is 17.3. The van der Waals surface area contributed by atoms with Crippen LogP contribution in [0.2, 0.25) is 0 Å². The number of rotatable bonds is 9. The molecule has 0 fully saturated rings. The van der Waals surface area contributed by atoms with Gasteiger partial charge in [0.1, 0.15) is 6.04 Å². The molecule has 1 aromatic carbocycles. The van der Waals surface area contributed by atoms with Crippen molar-refractivity contribution in [3.8, 4) is 11.5 Å². The number of benzene rings is 1. The van der Waals surface area contributed by atoms with Gasteiger partial charge in [-0.15, -0.1) is 11.3 Å². The molecule has 0 bridgehead atoms. The third-order valence-electron chi connectivity index (χ3n) is 5.64. The molecular formula is C27H30N2O5S2. The predicted octanol–water partition coefficient (Wildman–Crippen LogP) is 4.44. The number of hydrogen-bond acceptors (Lipinski definition) is 8. The second-order valence-electron chi connectivity index (χ2n) is 8.66. The highest BCUT2D eigenvalue weighted by atomic mass is 32.1. The van der Waals surface area contributed by atoms with E-state index < -0.39 is 12.0 Å². The molecule has 2 aromatic heterocycles. The minimum atomic E-state index is -0.585. The minimum absolute atomic E-state index is 0.207. The van der Waals surface area contributed by atoms with Gasteiger partial charge in [0, 0.05) is 4.88 Å². The molecule has 3 aromatic rings. The van der Waals surface area contributed by atoms with Crippen molar-refractivity contribution in [3.05, 3.63) is 77.1 Å². The average molecular weight is 527 g/mol. The Bertz CT molecular complexity index is 1450. The lowest BCUT2D eigenvalue weighted by atomic mass is 10.0. The van der Waals surface area contributed by atoms with Crippen molar-refractivity contribution >= 4 is 34.7 Å². The van der Waals surface area contributed by atoms with Crippen LogP contribution in [0.3, 0.4) is 0 Å². The van der Waals surface area contributed by atoms with Gasteiger partial charge in [-0.25, -0.2) is 9.79 Å². The van der Waals surface area contributed by atoms with E-state index in [4.69, 9.17) is 14.2 Å². The first kappa shape index (κ1) is 25.9. The first-order valence-electron chi connectivity index (χ1n) is 11.9. The fourth-order valence-electron chi connectivity index (χ4n) is 3.95. The standard InChI is InChI=1S/C27H30N2O5S2/c1-6-7-12-33-19-11-10-18(14-20(19)32-5)15-22-25(30)29-24(21-9-8-13-35-21)23(26(31)34-16(2)3)17(4)28-27(29)36-22/h8-11,13-16,24H,6-7,12H2,1-5H3. The zero-order valence-corrected chi connectivity index (χ0v) is 22.7. The van der Waals surface area contributed by atoms with Gasteiger partial charge in [0.15, 0.2) is 16.3 Å². The summed E-state index contributed by atoms with van der Waals surface area (Å²) in [5, 5.41) is 1.93. The lowest BCUT2D eigenvalue weighted by Crippen LogP contribution is -2.39. The Hall–Kier alpha value is -3.17. The molecule has 1 aliphatic rings. The van der Waals surface area contributed by atoms with Crippen LogP contribution in [0.1, 0.15) is 57.0 Å². The van der Waals surface area contributed by atoms with Crippen LogP contribution >= 0.6 is 22.7 Å². The second-order valence-corrected chi connectivity index (χ2v) is 10.7. The Morgan fingerprint density at radius 1 is 1.25 bits per heavy atom. The van der Waals surface area contributed by atoms with Crippen LogP contribution in [-0.4, -0.2) is 30.4 Å². The fourth-order valence-corrected chi connectivity index (χ4v) is 5.82. The van der Waals surface area contributed by atoms with E-state index in [2.05, 4.69) is 11.9 Å². The summed E-state index contributed by atoms with van der Waals surface area (Å²) in [6.07, 6.45) is 3.54. The van der Waals surface area contributed by atoms with Gasteiger partial charge in [-0.05, 0) is 62.4 Å². The van der Waals surface area contributed by atoms with E-state index >= 15 is 0 Å². The number of unbranched alkanes of at least 4 members (excludes halogenated alkanes) is 1. The first-order valence-corrected chi connectivity index (χ1v) is 13.6. The molecule has 36 heavy (non-hydrogen) atoms. The molecule has 0 aliphatic carbocycles. The monoisotopic (exact) mass is 526 g/mol. The number of carbonyl (C=O) groups is 1. The third-order valence-corrected chi connectivity index (χ3v) is 7.55. The largest absolute Gasteiger partial charge is 0.493 e. The summed E-state index contributed by atoms with van der Waals surface area (Å²) >= 11 is 2.79. The highest BCUT2D eigenvalue weighted by Gasteiger charge is 2.34. The van der Waals surface area contributed by atoms with Crippen molar-refractivity contribution in [2.75, 3.05) is 13.7 Å². The summed E-state index contributed by atoms with van der Waals surface area (Å²) in [5.74, 6) is 0.826. The molecule has 7 nitrogen and oxygen atoms in total. The Morgan fingerprint density at radius 3 is 2.72 bits per heavy atom. The molecular weight excluding hydrogens is 496 g/mol. The van der Waals surface area contributed by atoms with Crippen molar-refractivity contribution in [1.82, 2.24) is 4.57 Å². The molecule has 3 heterocycles. The van der Waals surface area contributed by atoms with E-state index in [1.165, 1.54) is 22.7 Å². The summed E-state index contributed by atoms with van der Waals surface area (Å²) in [6, 6.07) is 8.86. The summed E-state index contributed by atoms with van der Waals surface area (Å²) in [5.41, 5.74) is 1.55. The number of nitrogens with zero attached hydrogens (tertiary/aromatic N) is 2. The van der Waals surface area contributed by atoms with Gasteiger partial charge < -0.3 is 14.2 Å². The highest BCUT2D eigenvalue weighted by molar-refractivity contribution is 7.10. The van der Waals surface area contributed by atoms with E-state index in [-0.39, 0.29) is 11.7 Å². The zero-order chi connectivity index (χ0) is 25.8. The van der Waals surface area contributed by atoms with Crippen LogP contribution < -0.4 is 24.4 Å². The van der Waals surface area contributed by atoms with Crippen LogP contribution in [0.5, 0.6) is 11.5 Å². The van der Waals surface area contributed by atoms with Crippen molar-refractivity contribution < 1.29 is 19.0 Å². The molecule has 0 N–H and O–H groups in total.